The highest BCUT2D eigenvalue weighted by Gasteiger charge is 2.32. The van der Waals surface area contributed by atoms with Gasteiger partial charge in [-0.3, -0.25) is 4.90 Å². The van der Waals surface area contributed by atoms with Crippen molar-refractivity contribution in [2.24, 2.45) is 0 Å². The number of fused-ring (bicyclic) bond motifs is 1. The first-order chi connectivity index (χ1) is 10.1. The summed E-state index contributed by atoms with van der Waals surface area (Å²) < 4.78 is 6.47. The highest BCUT2D eigenvalue weighted by atomic mass is 79.9. The second-order valence-corrected chi connectivity index (χ2v) is 6.45. The van der Waals surface area contributed by atoms with E-state index in [1.54, 1.807) is 12.1 Å². The molecule has 21 heavy (non-hydrogen) atoms. The van der Waals surface area contributed by atoms with E-state index >= 15 is 0 Å². The Morgan fingerprint density at radius 3 is 3.19 bits per heavy atom. The number of carboxylic acid groups (broad SMARTS) is 1. The fraction of sp³-hybridized carbons (Fsp3) is 0.533. The SMILES string of the molecule is O=C(O)c1c(Br)cccc1NCC1CN2CCCC2CO1. The number of hydrogen-bond acceptors (Lipinski definition) is 4. The Hall–Kier alpha value is -1.11. The van der Waals surface area contributed by atoms with Crippen molar-refractivity contribution >= 4 is 27.6 Å². The maximum Gasteiger partial charge on any atom is 0.338 e. The van der Waals surface area contributed by atoms with Crippen molar-refractivity contribution in [3.8, 4) is 0 Å². The maximum atomic E-state index is 11.3. The van der Waals surface area contributed by atoms with Crippen molar-refractivity contribution < 1.29 is 14.6 Å². The van der Waals surface area contributed by atoms with Crippen LogP contribution in [0.5, 0.6) is 0 Å². The zero-order valence-electron chi connectivity index (χ0n) is 11.7. The number of anilines is 1. The minimum atomic E-state index is -0.936. The molecular weight excluding hydrogens is 336 g/mol. The molecule has 2 saturated heterocycles. The summed E-state index contributed by atoms with van der Waals surface area (Å²) in [4.78, 5) is 13.8. The number of halogens is 1. The van der Waals surface area contributed by atoms with Gasteiger partial charge in [-0.2, -0.15) is 0 Å². The second kappa shape index (κ2) is 6.34. The molecule has 2 aliphatic rings. The predicted molar refractivity (Wildman–Crippen MR) is 83.9 cm³/mol. The molecule has 0 aliphatic carbocycles. The summed E-state index contributed by atoms with van der Waals surface area (Å²) >= 11 is 3.29. The van der Waals surface area contributed by atoms with Gasteiger partial charge in [-0.25, -0.2) is 4.79 Å². The van der Waals surface area contributed by atoms with Crippen LogP contribution < -0.4 is 5.32 Å². The van der Waals surface area contributed by atoms with E-state index in [0.717, 1.165) is 19.7 Å². The van der Waals surface area contributed by atoms with Crippen LogP contribution >= 0.6 is 15.9 Å². The Kier molecular flexibility index (Phi) is 4.47. The quantitative estimate of drug-likeness (QED) is 0.869. The van der Waals surface area contributed by atoms with Gasteiger partial charge in [-0.15, -0.1) is 0 Å². The first kappa shape index (κ1) is 14.8. The lowest BCUT2D eigenvalue weighted by molar-refractivity contribution is -0.0415. The summed E-state index contributed by atoms with van der Waals surface area (Å²) in [5, 5.41) is 12.5. The Morgan fingerprint density at radius 2 is 2.38 bits per heavy atom. The van der Waals surface area contributed by atoms with Crippen LogP contribution in [-0.2, 0) is 4.74 Å². The highest BCUT2D eigenvalue weighted by Crippen LogP contribution is 2.26. The summed E-state index contributed by atoms with van der Waals surface area (Å²) in [6.07, 6.45) is 2.60. The van der Waals surface area contributed by atoms with Gasteiger partial charge >= 0.3 is 5.97 Å². The Balaban J connectivity index is 1.63. The topological polar surface area (TPSA) is 61.8 Å². The minimum absolute atomic E-state index is 0.111. The zero-order valence-corrected chi connectivity index (χ0v) is 13.3. The molecule has 0 spiro atoms. The van der Waals surface area contributed by atoms with E-state index < -0.39 is 5.97 Å². The summed E-state index contributed by atoms with van der Waals surface area (Å²) in [6, 6.07) is 5.94. The number of hydrogen-bond donors (Lipinski definition) is 2. The van der Waals surface area contributed by atoms with E-state index in [1.807, 2.05) is 6.07 Å². The molecule has 5 nitrogen and oxygen atoms in total. The van der Waals surface area contributed by atoms with Gasteiger partial charge in [-0.1, -0.05) is 6.07 Å². The molecule has 6 heteroatoms. The standard InChI is InChI=1S/C15H19BrN2O3/c16-12-4-1-5-13(14(12)15(19)20)17-7-11-8-18-6-2-3-10(18)9-21-11/h1,4-5,10-11,17H,2-3,6-9H2,(H,19,20). The van der Waals surface area contributed by atoms with Gasteiger partial charge < -0.3 is 15.2 Å². The molecule has 0 saturated carbocycles. The van der Waals surface area contributed by atoms with E-state index in [9.17, 15) is 9.90 Å². The number of carbonyl (C=O) groups is 1. The third kappa shape index (κ3) is 3.22. The smallest absolute Gasteiger partial charge is 0.338 e. The third-order valence-electron chi connectivity index (χ3n) is 4.21. The van der Waals surface area contributed by atoms with Crippen molar-refractivity contribution in [1.82, 2.24) is 4.90 Å². The first-order valence-corrected chi connectivity index (χ1v) is 8.06. The summed E-state index contributed by atoms with van der Waals surface area (Å²) in [5.41, 5.74) is 0.899. The molecule has 2 atom stereocenters. The van der Waals surface area contributed by atoms with Gasteiger partial charge in [0.25, 0.3) is 0 Å². The molecule has 2 unspecified atom stereocenters. The molecule has 0 radical (unpaired) electrons. The molecule has 0 bridgehead atoms. The normalized spacial score (nSPS) is 25.6. The summed E-state index contributed by atoms with van der Waals surface area (Å²) in [7, 11) is 0. The number of ether oxygens (including phenoxy) is 1. The summed E-state index contributed by atoms with van der Waals surface area (Å²) in [6.45, 7) is 3.49. The number of nitrogens with zero attached hydrogens (tertiary/aromatic N) is 1. The van der Waals surface area contributed by atoms with Crippen LogP contribution in [0.1, 0.15) is 23.2 Å². The van der Waals surface area contributed by atoms with E-state index in [-0.39, 0.29) is 11.7 Å². The van der Waals surface area contributed by atoms with Crippen molar-refractivity contribution in [3.63, 3.8) is 0 Å². The molecule has 2 fully saturated rings. The molecule has 2 aliphatic heterocycles. The van der Waals surface area contributed by atoms with Crippen LogP contribution in [0.3, 0.4) is 0 Å². The number of benzene rings is 1. The van der Waals surface area contributed by atoms with E-state index in [4.69, 9.17) is 4.74 Å². The van der Waals surface area contributed by atoms with Gasteiger partial charge in [0, 0.05) is 29.3 Å². The van der Waals surface area contributed by atoms with Gasteiger partial charge in [0.2, 0.25) is 0 Å². The van der Waals surface area contributed by atoms with Crippen LogP contribution in [0.25, 0.3) is 0 Å². The summed E-state index contributed by atoms with van der Waals surface area (Å²) in [5.74, 6) is -0.936. The number of rotatable bonds is 4. The fourth-order valence-electron chi connectivity index (χ4n) is 3.12. The molecule has 1 aromatic carbocycles. The van der Waals surface area contributed by atoms with Gasteiger partial charge in [0.05, 0.1) is 18.3 Å². The lowest BCUT2D eigenvalue weighted by Crippen LogP contribution is -2.48. The van der Waals surface area contributed by atoms with Crippen molar-refractivity contribution in [2.45, 2.75) is 25.0 Å². The molecule has 2 N–H and O–H groups in total. The zero-order chi connectivity index (χ0) is 14.8. The number of aromatic carboxylic acids is 1. The lowest BCUT2D eigenvalue weighted by Gasteiger charge is -2.35. The van der Waals surface area contributed by atoms with Crippen LogP contribution in [0.15, 0.2) is 22.7 Å². The monoisotopic (exact) mass is 354 g/mol. The van der Waals surface area contributed by atoms with Crippen LogP contribution in [0, 0.1) is 0 Å². The van der Waals surface area contributed by atoms with Crippen LogP contribution in [-0.4, -0.2) is 54.4 Å². The minimum Gasteiger partial charge on any atom is -0.478 e. The maximum absolute atomic E-state index is 11.3. The highest BCUT2D eigenvalue weighted by molar-refractivity contribution is 9.10. The molecule has 0 aromatic heterocycles. The van der Waals surface area contributed by atoms with Gasteiger partial charge in [0.15, 0.2) is 0 Å². The van der Waals surface area contributed by atoms with E-state index in [1.165, 1.54) is 12.8 Å². The van der Waals surface area contributed by atoms with Crippen molar-refractivity contribution in [1.29, 1.82) is 0 Å². The average molecular weight is 355 g/mol. The second-order valence-electron chi connectivity index (χ2n) is 5.59. The van der Waals surface area contributed by atoms with Gasteiger partial charge in [0.1, 0.15) is 0 Å². The van der Waals surface area contributed by atoms with Crippen molar-refractivity contribution in [2.75, 3.05) is 31.6 Å². The van der Waals surface area contributed by atoms with E-state index in [0.29, 0.717) is 22.7 Å². The van der Waals surface area contributed by atoms with E-state index in [2.05, 4.69) is 26.1 Å². The molecular formula is C15H19BrN2O3. The Morgan fingerprint density at radius 1 is 1.52 bits per heavy atom. The van der Waals surface area contributed by atoms with Crippen LogP contribution in [0.2, 0.25) is 0 Å². The number of morpholine rings is 1. The lowest BCUT2D eigenvalue weighted by atomic mass is 10.1. The molecule has 114 valence electrons. The molecule has 2 heterocycles. The first-order valence-electron chi connectivity index (χ1n) is 7.26. The van der Waals surface area contributed by atoms with Gasteiger partial charge in [-0.05, 0) is 47.4 Å². The molecule has 3 rings (SSSR count). The molecule has 1 aromatic rings. The number of carboxylic acids is 1. The number of nitrogens with one attached hydrogen (secondary N) is 1. The fourth-order valence-corrected chi connectivity index (χ4v) is 3.66. The third-order valence-corrected chi connectivity index (χ3v) is 4.87. The largest absolute Gasteiger partial charge is 0.478 e. The Labute approximate surface area is 132 Å². The Bertz CT molecular complexity index is 538. The average Bonchev–Trinajstić information content (AvgIpc) is 2.92. The van der Waals surface area contributed by atoms with Crippen LogP contribution in [0.4, 0.5) is 5.69 Å². The van der Waals surface area contributed by atoms with Crippen molar-refractivity contribution in [3.05, 3.63) is 28.2 Å². The molecule has 0 amide bonds. The predicted octanol–water partition coefficient (Wildman–Crippen LogP) is 2.42.